The van der Waals surface area contributed by atoms with Gasteiger partial charge in [-0.15, -0.1) is 0 Å². The number of nitrogens with one attached hydrogen (secondary N) is 1. The molecule has 2 rings (SSSR count). The monoisotopic (exact) mass is 235 g/mol. The van der Waals surface area contributed by atoms with E-state index in [9.17, 15) is 9.59 Å². The molecule has 0 bridgehead atoms. The van der Waals surface area contributed by atoms with E-state index < -0.39 is 5.54 Å². The van der Waals surface area contributed by atoms with Crippen molar-refractivity contribution in [3.8, 4) is 6.07 Å². The van der Waals surface area contributed by atoms with Crippen molar-refractivity contribution in [1.29, 1.82) is 5.26 Å². The number of fused-ring (bicyclic) bond motifs is 1. The van der Waals surface area contributed by atoms with Gasteiger partial charge in [0.05, 0.1) is 24.4 Å². The van der Waals surface area contributed by atoms with Crippen molar-refractivity contribution in [1.82, 2.24) is 10.2 Å². The van der Waals surface area contributed by atoms with Crippen molar-refractivity contribution in [2.45, 2.75) is 26.3 Å². The van der Waals surface area contributed by atoms with Crippen molar-refractivity contribution in [2.24, 2.45) is 17.3 Å². The van der Waals surface area contributed by atoms with Crippen LogP contribution in [0.3, 0.4) is 0 Å². The molecule has 1 saturated carbocycles. The van der Waals surface area contributed by atoms with Gasteiger partial charge in [-0.05, 0) is 19.4 Å². The molecular weight excluding hydrogens is 218 g/mol. The molecule has 0 aromatic heterocycles. The van der Waals surface area contributed by atoms with Crippen molar-refractivity contribution in [2.75, 3.05) is 13.6 Å². The number of carbonyl (C=O) groups excluding carboxylic acids is 2. The Morgan fingerprint density at radius 2 is 1.88 bits per heavy atom. The molecule has 0 radical (unpaired) electrons. The SMILES string of the molecule is CNC(C)(C#N)CN1C(=O)C2C(C1=O)C2(C)C. The molecule has 1 aliphatic heterocycles. The number of hydrogen-bond acceptors (Lipinski definition) is 4. The second-order valence-corrected chi connectivity index (χ2v) is 5.73. The first-order valence-corrected chi connectivity index (χ1v) is 5.74. The Morgan fingerprint density at radius 3 is 2.24 bits per heavy atom. The average molecular weight is 235 g/mol. The van der Waals surface area contributed by atoms with E-state index in [1.54, 1.807) is 14.0 Å². The lowest BCUT2D eigenvalue weighted by molar-refractivity contribution is -0.143. The zero-order valence-corrected chi connectivity index (χ0v) is 10.6. The first kappa shape index (κ1) is 12.1. The van der Waals surface area contributed by atoms with Gasteiger partial charge in [-0.25, -0.2) is 0 Å². The third-order valence-corrected chi connectivity index (χ3v) is 4.16. The number of nitrogens with zero attached hydrogens (tertiary/aromatic N) is 2. The van der Waals surface area contributed by atoms with Crippen LogP contribution in [0, 0.1) is 28.6 Å². The maximum atomic E-state index is 12.1. The highest BCUT2D eigenvalue weighted by molar-refractivity contribution is 6.10. The normalized spacial score (nSPS) is 33.0. The highest BCUT2D eigenvalue weighted by Crippen LogP contribution is 2.63. The number of nitriles is 1. The number of imide groups is 1. The summed E-state index contributed by atoms with van der Waals surface area (Å²) in [7, 11) is 1.65. The Hall–Kier alpha value is -1.41. The molecule has 2 fully saturated rings. The van der Waals surface area contributed by atoms with Crippen molar-refractivity contribution < 1.29 is 9.59 Å². The van der Waals surface area contributed by atoms with Crippen LogP contribution in [0.25, 0.3) is 0 Å². The van der Waals surface area contributed by atoms with Crippen molar-refractivity contribution in [3.05, 3.63) is 0 Å². The van der Waals surface area contributed by atoms with Gasteiger partial charge in [-0.2, -0.15) is 5.26 Å². The quantitative estimate of drug-likeness (QED) is 0.706. The van der Waals surface area contributed by atoms with E-state index in [1.165, 1.54) is 4.90 Å². The number of likely N-dealkylation sites (tertiary alicyclic amines) is 1. The molecule has 5 heteroatoms. The predicted molar refractivity (Wildman–Crippen MR) is 60.6 cm³/mol. The zero-order valence-electron chi connectivity index (χ0n) is 10.6. The van der Waals surface area contributed by atoms with Gasteiger partial charge in [-0.1, -0.05) is 13.8 Å². The number of likely N-dealkylation sites (N-methyl/N-ethyl adjacent to an activating group) is 1. The minimum atomic E-state index is -0.869. The molecule has 0 spiro atoms. The fourth-order valence-electron chi connectivity index (χ4n) is 2.65. The lowest BCUT2D eigenvalue weighted by atomic mass is 10.0. The van der Waals surface area contributed by atoms with E-state index in [-0.39, 0.29) is 35.6 Å². The molecule has 0 aromatic rings. The summed E-state index contributed by atoms with van der Waals surface area (Å²) in [5.74, 6) is -0.590. The van der Waals surface area contributed by atoms with E-state index in [0.29, 0.717) is 0 Å². The Morgan fingerprint density at radius 1 is 1.41 bits per heavy atom. The zero-order chi connectivity index (χ0) is 13.0. The number of hydrogen-bond donors (Lipinski definition) is 1. The smallest absolute Gasteiger partial charge is 0.233 e. The lowest BCUT2D eigenvalue weighted by Gasteiger charge is -2.28. The molecule has 1 heterocycles. The van der Waals surface area contributed by atoms with Gasteiger partial charge in [0.15, 0.2) is 0 Å². The number of piperidine rings is 1. The van der Waals surface area contributed by atoms with Gasteiger partial charge >= 0.3 is 0 Å². The van der Waals surface area contributed by atoms with Crippen LogP contribution in [0.15, 0.2) is 0 Å². The summed E-state index contributed by atoms with van der Waals surface area (Å²) in [4.78, 5) is 25.3. The van der Waals surface area contributed by atoms with Gasteiger partial charge in [-0.3, -0.25) is 14.5 Å². The topological polar surface area (TPSA) is 73.2 Å². The highest BCUT2D eigenvalue weighted by atomic mass is 16.2. The fourth-order valence-corrected chi connectivity index (χ4v) is 2.65. The summed E-state index contributed by atoms with van der Waals surface area (Å²) >= 11 is 0. The summed E-state index contributed by atoms with van der Waals surface area (Å²) in [6.07, 6.45) is 0. The largest absolute Gasteiger partial charge is 0.301 e. The fraction of sp³-hybridized carbons (Fsp3) is 0.750. The van der Waals surface area contributed by atoms with Crippen LogP contribution in [0.1, 0.15) is 20.8 Å². The third kappa shape index (κ3) is 1.48. The van der Waals surface area contributed by atoms with Crippen molar-refractivity contribution in [3.63, 3.8) is 0 Å². The molecule has 0 aromatic carbocycles. The van der Waals surface area contributed by atoms with E-state index in [1.807, 2.05) is 13.8 Å². The van der Waals surface area contributed by atoms with Crippen LogP contribution in [0.2, 0.25) is 0 Å². The van der Waals surface area contributed by atoms with Crippen LogP contribution in [-0.2, 0) is 9.59 Å². The molecule has 3 unspecified atom stereocenters. The minimum Gasteiger partial charge on any atom is -0.301 e. The molecule has 92 valence electrons. The number of rotatable bonds is 3. The van der Waals surface area contributed by atoms with E-state index in [4.69, 9.17) is 5.26 Å². The number of amides is 2. The third-order valence-electron chi connectivity index (χ3n) is 4.16. The predicted octanol–water partition coefficient (Wildman–Crippen LogP) is 0.129. The molecule has 1 N–H and O–H groups in total. The number of carbonyl (C=O) groups is 2. The van der Waals surface area contributed by atoms with Gasteiger partial charge in [0.1, 0.15) is 5.54 Å². The molecule has 2 amide bonds. The van der Waals surface area contributed by atoms with Gasteiger partial charge in [0.2, 0.25) is 11.8 Å². The van der Waals surface area contributed by atoms with E-state index >= 15 is 0 Å². The van der Waals surface area contributed by atoms with Crippen LogP contribution >= 0.6 is 0 Å². The van der Waals surface area contributed by atoms with Gasteiger partial charge in [0, 0.05) is 0 Å². The van der Waals surface area contributed by atoms with Crippen LogP contribution in [0.4, 0.5) is 0 Å². The van der Waals surface area contributed by atoms with Crippen LogP contribution in [0.5, 0.6) is 0 Å². The maximum absolute atomic E-state index is 12.1. The Bertz CT molecular complexity index is 414. The van der Waals surface area contributed by atoms with Gasteiger partial charge in [0.25, 0.3) is 0 Å². The molecule has 1 saturated heterocycles. The summed E-state index contributed by atoms with van der Waals surface area (Å²) in [5.41, 5.74) is -1.06. The van der Waals surface area contributed by atoms with E-state index in [2.05, 4.69) is 11.4 Å². The Labute approximate surface area is 101 Å². The molecule has 2 aliphatic rings. The summed E-state index contributed by atoms with van der Waals surface area (Å²) in [6.45, 7) is 5.69. The standard InChI is InChI=1S/C12H17N3O2/c1-11(2)7-8(11)10(17)15(9(7)16)6-12(3,5-13)14-4/h7-8,14H,6H2,1-4H3. The lowest BCUT2D eigenvalue weighted by Crippen LogP contribution is -2.52. The van der Waals surface area contributed by atoms with Crippen LogP contribution < -0.4 is 5.32 Å². The average Bonchev–Trinajstić information content (AvgIpc) is 2.76. The van der Waals surface area contributed by atoms with Crippen LogP contribution in [-0.4, -0.2) is 35.8 Å². The molecular formula is C12H17N3O2. The van der Waals surface area contributed by atoms with Gasteiger partial charge < -0.3 is 5.32 Å². The van der Waals surface area contributed by atoms with E-state index in [0.717, 1.165) is 0 Å². The first-order valence-electron chi connectivity index (χ1n) is 5.74. The molecule has 17 heavy (non-hydrogen) atoms. The van der Waals surface area contributed by atoms with Crippen molar-refractivity contribution >= 4 is 11.8 Å². The first-order chi connectivity index (χ1) is 7.78. The molecule has 1 aliphatic carbocycles. The Balaban J connectivity index is 2.15. The maximum Gasteiger partial charge on any atom is 0.233 e. The molecule has 3 atom stereocenters. The second-order valence-electron chi connectivity index (χ2n) is 5.73. The Kier molecular flexibility index (Phi) is 2.34. The summed E-state index contributed by atoms with van der Waals surface area (Å²) in [6, 6.07) is 2.09. The highest BCUT2D eigenvalue weighted by Gasteiger charge is 2.72. The summed E-state index contributed by atoms with van der Waals surface area (Å²) in [5, 5.41) is 11.9. The second kappa shape index (κ2) is 3.30. The molecule has 5 nitrogen and oxygen atoms in total. The summed E-state index contributed by atoms with van der Waals surface area (Å²) < 4.78 is 0. The minimum absolute atomic E-state index is 0.123.